The molecule has 5 nitrogen and oxygen atoms in total. The number of aromatic nitrogens is 3. The summed E-state index contributed by atoms with van der Waals surface area (Å²) in [5.74, 6) is -0.104. The minimum Gasteiger partial charge on any atom is -0.352 e. The lowest BCUT2D eigenvalue weighted by atomic mass is 10.2. The van der Waals surface area contributed by atoms with E-state index in [4.69, 9.17) is 0 Å². The van der Waals surface area contributed by atoms with E-state index in [0.29, 0.717) is 12.1 Å². The molecular weight excluding hydrogens is 288 g/mol. The third-order valence-electron chi connectivity index (χ3n) is 3.53. The number of carbonyl (C=O) groups excluding carboxylic acids is 1. The van der Waals surface area contributed by atoms with Gasteiger partial charge in [-0.15, -0.1) is 0 Å². The Bertz CT molecular complexity index is 778. The molecule has 23 heavy (non-hydrogen) atoms. The highest BCUT2D eigenvalue weighted by molar-refractivity contribution is 5.93. The van der Waals surface area contributed by atoms with Crippen LogP contribution in [-0.2, 0) is 6.42 Å². The highest BCUT2D eigenvalue weighted by atomic mass is 16.1. The number of hydrogen-bond donors (Lipinski definition) is 1. The van der Waals surface area contributed by atoms with Crippen LogP contribution in [0.15, 0.2) is 61.1 Å². The van der Waals surface area contributed by atoms with Gasteiger partial charge in [0, 0.05) is 24.6 Å². The van der Waals surface area contributed by atoms with Crippen LogP contribution in [-0.4, -0.2) is 27.2 Å². The van der Waals surface area contributed by atoms with Gasteiger partial charge in [-0.25, -0.2) is 4.68 Å². The van der Waals surface area contributed by atoms with Gasteiger partial charge in [-0.3, -0.25) is 9.78 Å². The second kappa shape index (κ2) is 6.87. The van der Waals surface area contributed by atoms with Crippen molar-refractivity contribution < 1.29 is 4.79 Å². The van der Waals surface area contributed by atoms with E-state index in [1.165, 1.54) is 0 Å². The summed E-state index contributed by atoms with van der Waals surface area (Å²) in [7, 11) is 0. The fourth-order valence-corrected chi connectivity index (χ4v) is 2.24. The lowest BCUT2D eigenvalue weighted by molar-refractivity contribution is 0.0954. The molecule has 5 heteroatoms. The molecule has 3 rings (SSSR count). The van der Waals surface area contributed by atoms with Gasteiger partial charge < -0.3 is 5.32 Å². The minimum atomic E-state index is -0.104. The number of nitrogens with one attached hydrogen (secondary N) is 1. The number of aryl methyl sites for hydroxylation is 1. The van der Waals surface area contributed by atoms with E-state index in [0.717, 1.165) is 23.4 Å². The predicted molar refractivity (Wildman–Crippen MR) is 88.6 cm³/mol. The van der Waals surface area contributed by atoms with Gasteiger partial charge in [0.1, 0.15) is 0 Å². The molecule has 0 spiro atoms. The van der Waals surface area contributed by atoms with Crippen LogP contribution in [0, 0.1) is 6.92 Å². The van der Waals surface area contributed by atoms with Crippen molar-refractivity contribution in [2.45, 2.75) is 13.3 Å². The SMILES string of the molecule is Cc1ccc(C(=O)NCCc2cnn(-c3ccccc3)c2)cn1. The summed E-state index contributed by atoms with van der Waals surface area (Å²) in [4.78, 5) is 16.1. The van der Waals surface area contributed by atoms with Crippen molar-refractivity contribution in [3.63, 3.8) is 0 Å². The van der Waals surface area contributed by atoms with Crippen molar-refractivity contribution in [2.24, 2.45) is 0 Å². The van der Waals surface area contributed by atoms with Gasteiger partial charge in [0.2, 0.25) is 0 Å². The molecule has 0 fully saturated rings. The number of pyridine rings is 1. The van der Waals surface area contributed by atoms with Crippen LogP contribution in [0.3, 0.4) is 0 Å². The standard InChI is InChI=1S/C18H18N4O/c1-14-7-8-16(12-20-14)18(23)19-10-9-15-11-21-22(13-15)17-5-3-2-4-6-17/h2-8,11-13H,9-10H2,1H3,(H,19,23). The molecule has 0 unspecified atom stereocenters. The van der Waals surface area contributed by atoms with E-state index in [1.54, 1.807) is 12.3 Å². The van der Waals surface area contributed by atoms with E-state index < -0.39 is 0 Å². The Morgan fingerprint density at radius 2 is 1.96 bits per heavy atom. The molecule has 0 aliphatic carbocycles. The van der Waals surface area contributed by atoms with Crippen molar-refractivity contribution in [2.75, 3.05) is 6.54 Å². The Morgan fingerprint density at radius 3 is 2.70 bits per heavy atom. The van der Waals surface area contributed by atoms with Crippen molar-refractivity contribution in [3.05, 3.63) is 77.9 Å². The topological polar surface area (TPSA) is 59.8 Å². The fraction of sp³-hybridized carbons (Fsp3) is 0.167. The summed E-state index contributed by atoms with van der Waals surface area (Å²) in [6.07, 6.45) is 6.14. The third kappa shape index (κ3) is 3.83. The van der Waals surface area contributed by atoms with Crippen molar-refractivity contribution in [3.8, 4) is 5.69 Å². The molecule has 0 bridgehead atoms. The second-order valence-electron chi connectivity index (χ2n) is 5.32. The molecule has 0 saturated heterocycles. The lowest BCUT2D eigenvalue weighted by Gasteiger charge is -2.04. The van der Waals surface area contributed by atoms with Gasteiger partial charge in [-0.05, 0) is 43.2 Å². The molecule has 0 aliphatic heterocycles. The first-order chi connectivity index (χ1) is 11.2. The predicted octanol–water partition coefficient (Wildman–Crippen LogP) is 2.55. The lowest BCUT2D eigenvalue weighted by Crippen LogP contribution is -2.25. The Morgan fingerprint density at radius 1 is 1.13 bits per heavy atom. The summed E-state index contributed by atoms with van der Waals surface area (Å²) in [6.45, 7) is 2.46. The molecule has 0 aliphatic rings. The molecule has 1 amide bonds. The monoisotopic (exact) mass is 306 g/mol. The molecule has 2 aromatic heterocycles. The van der Waals surface area contributed by atoms with Crippen LogP contribution in [0.2, 0.25) is 0 Å². The normalized spacial score (nSPS) is 10.5. The smallest absolute Gasteiger partial charge is 0.252 e. The molecule has 3 aromatic rings. The first-order valence-corrected chi connectivity index (χ1v) is 7.52. The zero-order valence-electron chi connectivity index (χ0n) is 12.9. The van der Waals surface area contributed by atoms with E-state index in [2.05, 4.69) is 15.4 Å². The van der Waals surface area contributed by atoms with E-state index in [-0.39, 0.29) is 5.91 Å². The van der Waals surface area contributed by atoms with Crippen LogP contribution in [0.25, 0.3) is 5.69 Å². The van der Waals surface area contributed by atoms with Gasteiger partial charge in [0.05, 0.1) is 17.4 Å². The summed E-state index contributed by atoms with van der Waals surface area (Å²) in [6, 6.07) is 13.6. The van der Waals surface area contributed by atoms with E-state index in [9.17, 15) is 4.79 Å². The number of rotatable bonds is 5. The highest BCUT2D eigenvalue weighted by Gasteiger charge is 2.06. The number of carbonyl (C=O) groups is 1. The molecule has 2 heterocycles. The zero-order chi connectivity index (χ0) is 16.1. The maximum absolute atomic E-state index is 12.0. The average Bonchev–Trinajstić information content (AvgIpc) is 3.05. The number of hydrogen-bond acceptors (Lipinski definition) is 3. The summed E-state index contributed by atoms with van der Waals surface area (Å²) >= 11 is 0. The largest absolute Gasteiger partial charge is 0.352 e. The highest BCUT2D eigenvalue weighted by Crippen LogP contribution is 2.08. The number of nitrogens with zero attached hydrogens (tertiary/aromatic N) is 3. The molecular formula is C18H18N4O. The number of amides is 1. The minimum absolute atomic E-state index is 0.104. The Labute approximate surface area is 135 Å². The van der Waals surface area contributed by atoms with Gasteiger partial charge in [-0.2, -0.15) is 5.10 Å². The van der Waals surface area contributed by atoms with Crippen molar-refractivity contribution in [1.29, 1.82) is 0 Å². The van der Waals surface area contributed by atoms with E-state index >= 15 is 0 Å². The van der Waals surface area contributed by atoms with Crippen LogP contribution in [0.5, 0.6) is 0 Å². The molecule has 0 saturated carbocycles. The molecule has 0 atom stereocenters. The second-order valence-corrected chi connectivity index (χ2v) is 5.32. The molecule has 0 radical (unpaired) electrons. The number of para-hydroxylation sites is 1. The number of benzene rings is 1. The maximum atomic E-state index is 12.0. The van der Waals surface area contributed by atoms with Crippen molar-refractivity contribution in [1.82, 2.24) is 20.1 Å². The quantitative estimate of drug-likeness (QED) is 0.788. The summed E-state index contributed by atoms with van der Waals surface area (Å²) in [5, 5.41) is 7.25. The Balaban J connectivity index is 1.54. The van der Waals surface area contributed by atoms with Gasteiger partial charge in [0.15, 0.2) is 0 Å². The summed E-state index contributed by atoms with van der Waals surface area (Å²) < 4.78 is 1.83. The van der Waals surface area contributed by atoms with Gasteiger partial charge >= 0.3 is 0 Å². The summed E-state index contributed by atoms with van der Waals surface area (Å²) in [5.41, 5.74) is 3.58. The Kier molecular flexibility index (Phi) is 4.47. The average molecular weight is 306 g/mol. The van der Waals surface area contributed by atoms with Gasteiger partial charge in [0.25, 0.3) is 5.91 Å². The Hall–Kier alpha value is -2.95. The third-order valence-corrected chi connectivity index (χ3v) is 3.53. The van der Waals surface area contributed by atoms with Crippen LogP contribution in [0.4, 0.5) is 0 Å². The van der Waals surface area contributed by atoms with Crippen LogP contribution < -0.4 is 5.32 Å². The van der Waals surface area contributed by atoms with Crippen LogP contribution in [0.1, 0.15) is 21.6 Å². The van der Waals surface area contributed by atoms with Crippen LogP contribution >= 0.6 is 0 Å². The fourth-order valence-electron chi connectivity index (χ4n) is 2.24. The maximum Gasteiger partial charge on any atom is 0.252 e. The van der Waals surface area contributed by atoms with E-state index in [1.807, 2.05) is 60.4 Å². The molecule has 116 valence electrons. The van der Waals surface area contributed by atoms with Gasteiger partial charge in [-0.1, -0.05) is 18.2 Å². The molecule has 1 N–H and O–H groups in total. The van der Waals surface area contributed by atoms with Crippen molar-refractivity contribution >= 4 is 5.91 Å². The molecule has 1 aromatic carbocycles. The first-order valence-electron chi connectivity index (χ1n) is 7.52. The first kappa shape index (κ1) is 15.0. The zero-order valence-corrected chi connectivity index (χ0v) is 12.9.